The lowest BCUT2D eigenvalue weighted by atomic mass is 10.2. The summed E-state index contributed by atoms with van der Waals surface area (Å²) in [6.07, 6.45) is 5.61. The molecule has 140 valence electrons. The fourth-order valence-corrected chi connectivity index (χ4v) is 2.87. The molecule has 1 fully saturated rings. The Balaban J connectivity index is 0.00000210. The first-order valence-electron chi connectivity index (χ1n) is 8.77. The number of hydrogen-bond acceptors (Lipinski definition) is 6. The first-order valence-corrected chi connectivity index (χ1v) is 8.77. The van der Waals surface area contributed by atoms with E-state index in [1.54, 1.807) is 0 Å². The third-order valence-electron chi connectivity index (χ3n) is 4.34. The molecule has 0 saturated carbocycles. The summed E-state index contributed by atoms with van der Waals surface area (Å²) in [5, 5.41) is 3.32. The van der Waals surface area contributed by atoms with Crippen LogP contribution >= 0.6 is 12.4 Å². The topological polar surface area (TPSA) is 63.2 Å². The smallest absolute Gasteiger partial charge is 0.159 e. The number of pyridine rings is 1. The molecule has 0 atom stereocenters. The Kier molecular flexibility index (Phi) is 6.57. The molecule has 1 saturated heterocycles. The zero-order valence-electron chi connectivity index (χ0n) is 14.9. The molecule has 7 heteroatoms. The van der Waals surface area contributed by atoms with E-state index < -0.39 is 0 Å². The first kappa shape index (κ1) is 19.1. The van der Waals surface area contributed by atoms with E-state index in [0.717, 1.165) is 54.8 Å². The molecule has 27 heavy (non-hydrogen) atoms. The average molecular weight is 384 g/mol. The number of hydrogen-bond donors (Lipinski definition) is 1. The number of rotatable bonds is 5. The number of benzene rings is 1. The molecule has 0 aliphatic carbocycles. The van der Waals surface area contributed by atoms with Crippen LogP contribution in [0.3, 0.4) is 0 Å². The molecule has 1 aliphatic rings. The van der Waals surface area contributed by atoms with Crippen LogP contribution in [-0.4, -0.2) is 41.3 Å². The van der Waals surface area contributed by atoms with Gasteiger partial charge in [-0.1, -0.05) is 30.3 Å². The molecular formula is C20H22ClN5O. The molecule has 6 nitrogen and oxygen atoms in total. The zero-order chi connectivity index (χ0) is 17.6. The highest BCUT2D eigenvalue weighted by atomic mass is 35.5. The number of morpholine rings is 1. The lowest BCUT2D eigenvalue weighted by Crippen LogP contribution is -2.36. The van der Waals surface area contributed by atoms with Crippen molar-refractivity contribution in [2.24, 2.45) is 0 Å². The van der Waals surface area contributed by atoms with Gasteiger partial charge in [-0.05, 0) is 12.1 Å². The molecular weight excluding hydrogens is 362 g/mol. The van der Waals surface area contributed by atoms with Crippen molar-refractivity contribution in [2.75, 3.05) is 36.5 Å². The molecule has 3 heterocycles. The van der Waals surface area contributed by atoms with Crippen LogP contribution in [0, 0.1) is 0 Å². The Morgan fingerprint density at radius 3 is 2.30 bits per heavy atom. The van der Waals surface area contributed by atoms with Crippen LogP contribution in [0.5, 0.6) is 0 Å². The quantitative estimate of drug-likeness (QED) is 0.728. The van der Waals surface area contributed by atoms with Gasteiger partial charge in [0.05, 0.1) is 25.1 Å². The number of nitrogens with one attached hydrogen (secondary N) is 1. The number of aromatic nitrogens is 3. The van der Waals surface area contributed by atoms with Gasteiger partial charge in [0.25, 0.3) is 0 Å². The van der Waals surface area contributed by atoms with E-state index in [4.69, 9.17) is 4.74 Å². The third kappa shape index (κ3) is 4.93. The SMILES string of the molecule is Cl.c1ccc(-c2ncc(CNc3ccc(N4CCOCC4)cn3)cn2)cc1. The van der Waals surface area contributed by atoms with Crippen LogP contribution in [0.4, 0.5) is 11.5 Å². The van der Waals surface area contributed by atoms with Gasteiger partial charge in [-0.25, -0.2) is 15.0 Å². The van der Waals surface area contributed by atoms with Crippen molar-refractivity contribution in [3.05, 3.63) is 66.6 Å². The number of anilines is 2. The highest BCUT2D eigenvalue weighted by Crippen LogP contribution is 2.17. The van der Waals surface area contributed by atoms with Crippen molar-refractivity contribution in [3.63, 3.8) is 0 Å². The molecule has 2 aromatic heterocycles. The highest BCUT2D eigenvalue weighted by molar-refractivity contribution is 5.85. The summed E-state index contributed by atoms with van der Waals surface area (Å²) in [5.74, 6) is 1.58. The standard InChI is InChI=1S/C20H21N5O.ClH/c1-2-4-17(5-3-1)20-23-13-16(14-24-20)12-21-19-7-6-18(15-22-19)25-8-10-26-11-9-25;/h1-7,13-15H,8-12H2,(H,21,22);1H. The number of halogens is 1. The molecule has 0 amide bonds. The Hall–Kier alpha value is -2.70. The summed E-state index contributed by atoms with van der Waals surface area (Å²) in [5.41, 5.74) is 3.17. The van der Waals surface area contributed by atoms with E-state index in [2.05, 4.69) is 31.2 Å². The lowest BCUT2D eigenvalue weighted by molar-refractivity contribution is 0.122. The number of ether oxygens (including phenoxy) is 1. The van der Waals surface area contributed by atoms with Gasteiger partial charge in [0, 0.05) is 43.2 Å². The summed E-state index contributed by atoms with van der Waals surface area (Å²) < 4.78 is 5.38. The zero-order valence-corrected chi connectivity index (χ0v) is 15.7. The predicted molar refractivity (Wildman–Crippen MR) is 109 cm³/mol. The van der Waals surface area contributed by atoms with Crippen molar-refractivity contribution in [2.45, 2.75) is 6.54 Å². The van der Waals surface area contributed by atoms with E-state index in [9.17, 15) is 0 Å². The second-order valence-electron chi connectivity index (χ2n) is 6.14. The Labute approximate surface area is 165 Å². The third-order valence-corrected chi connectivity index (χ3v) is 4.34. The van der Waals surface area contributed by atoms with Crippen molar-refractivity contribution in [1.82, 2.24) is 15.0 Å². The molecule has 1 aliphatic heterocycles. The maximum absolute atomic E-state index is 5.38. The minimum absolute atomic E-state index is 0. The Bertz CT molecular complexity index is 821. The first-order chi connectivity index (χ1) is 12.9. The summed E-state index contributed by atoms with van der Waals surface area (Å²) in [4.78, 5) is 15.7. The van der Waals surface area contributed by atoms with Crippen LogP contribution in [-0.2, 0) is 11.3 Å². The summed E-state index contributed by atoms with van der Waals surface area (Å²) in [7, 11) is 0. The van der Waals surface area contributed by atoms with Gasteiger partial charge in [-0.3, -0.25) is 0 Å². The van der Waals surface area contributed by atoms with Crippen molar-refractivity contribution in [1.29, 1.82) is 0 Å². The van der Waals surface area contributed by atoms with Crippen LogP contribution in [0.15, 0.2) is 61.1 Å². The molecule has 0 spiro atoms. The van der Waals surface area contributed by atoms with Crippen molar-refractivity contribution < 1.29 is 4.74 Å². The van der Waals surface area contributed by atoms with Crippen LogP contribution < -0.4 is 10.2 Å². The Morgan fingerprint density at radius 1 is 0.889 bits per heavy atom. The predicted octanol–water partition coefficient (Wildman–Crippen LogP) is 3.41. The van der Waals surface area contributed by atoms with Gasteiger partial charge in [-0.15, -0.1) is 12.4 Å². The fraction of sp³-hybridized carbons (Fsp3) is 0.250. The second kappa shape index (κ2) is 9.30. The summed E-state index contributed by atoms with van der Waals surface area (Å²) >= 11 is 0. The molecule has 3 aromatic rings. The largest absolute Gasteiger partial charge is 0.378 e. The minimum atomic E-state index is 0. The van der Waals surface area contributed by atoms with E-state index >= 15 is 0 Å². The van der Waals surface area contributed by atoms with Crippen molar-refractivity contribution in [3.8, 4) is 11.4 Å². The van der Waals surface area contributed by atoms with Crippen molar-refractivity contribution >= 4 is 23.9 Å². The second-order valence-corrected chi connectivity index (χ2v) is 6.14. The van der Waals surface area contributed by atoms with Gasteiger partial charge < -0.3 is 15.0 Å². The monoisotopic (exact) mass is 383 g/mol. The summed E-state index contributed by atoms with van der Waals surface area (Å²) in [6, 6.07) is 14.1. The normalized spacial score (nSPS) is 13.7. The van der Waals surface area contributed by atoms with E-state index in [0.29, 0.717) is 6.54 Å². The van der Waals surface area contributed by atoms with Crippen LogP contribution in [0.1, 0.15) is 5.56 Å². The summed E-state index contributed by atoms with van der Waals surface area (Å²) in [6.45, 7) is 4.02. The van der Waals surface area contributed by atoms with Gasteiger partial charge >= 0.3 is 0 Å². The van der Waals surface area contributed by atoms with Gasteiger partial charge in [0.2, 0.25) is 0 Å². The molecule has 1 N–H and O–H groups in total. The average Bonchev–Trinajstić information content (AvgIpc) is 2.74. The van der Waals surface area contributed by atoms with E-state index in [1.807, 2.05) is 55.0 Å². The van der Waals surface area contributed by atoms with Gasteiger partial charge in [0.15, 0.2) is 5.82 Å². The maximum atomic E-state index is 5.38. The molecule has 0 unspecified atom stereocenters. The van der Waals surface area contributed by atoms with Gasteiger partial charge in [0.1, 0.15) is 5.82 Å². The molecule has 4 rings (SSSR count). The molecule has 1 aromatic carbocycles. The number of nitrogens with zero attached hydrogens (tertiary/aromatic N) is 4. The molecule has 0 radical (unpaired) electrons. The van der Waals surface area contributed by atoms with E-state index in [-0.39, 0.29) is 12.4 Å². The van der Waals surface area contributed by atoms with Crippen LogP contribution in [0.2, 0.25) is 0 Å². The fourth-order valence-electron chi connectivity index (χ4n) is 2.87. The highest BCUT2D eigenvalue weighted by Gasteiger charge is 2.11. The van der Waals surface area contributed by atoms with Crippen LogP contribution in [0.25, 0.3) is 11.4 Å². The lowest BCUT2D eigenvalue weighted by Gasteiger charge is -2.28. The minimum Gasteiger partial charge on any atom is -0.378 e. The molecule has 0 bridgehead atoms. The van der Waals surface area contributed by atoms with Gasteiger partial charge in [-0.2, -0.15) is 0 Å². The Morgan fingerprint density at radius 2 is 1.63 bits per heavy atom. The van der Waals surface area contributed by atoms with E-state index in [1.165, 1.54) is 0 Å². The maximum Gasteiger partial charge on any atom is 0.159 e.